The molecule has 14 heavy (non-hydrogen) atoms. The summed E-state index contributed by atoms with van der Waals surface area (Å²) < 4.78 is 1.25. The topological polar surface area (TPSA) is 23.8 Å². The molecule has 0 aliphatic heterocycles. The number of thiophene rings is 1. The molecule has 0 N–H and O–H groups in total. The lowest BCUT2D eigenvalue weighted by molar-refractivity contribution is 1.40. The summed E-state index contributed by atoms with van der Waals surface area (Å²) in [5.74, 6) is 0. The van der Waals surface area contributed by atoms with Gasteiger partial charge in [-0.25, -0.2) is 0 Å². The third kappa shape index (κ3) is 2.16. The van der Waals surface area contributed by atoms with Crippen LogP contribution in [0.15, 0.2) is 50.9 Å². The van der Waals surface area contributed by atoms with E-state index in [0.29, 0.717) is 5.56 Å². The number of hydrogen-bond donors (Lipinski definition) is 0. The molecule has 1 aromatic carbocycles. The minimum atomic E-state index is 0.714. The Balaban J connectivity index is 2.22. The highest BCUT2D eigenvalue weighted by Crippen LogP contribution is 2.31. The number of hydrogen-bond acceptors (Lipinski definition) is 3. The van der Waals surface area contributed by atoms with Crippen LogP contribution < -0.4 is 0 Å². The van der Waals surface area contributed by atoms with Crippen molar-refractivity contribution >= 4 is 23.1 Å². The van der Waals surface area contributed by atoms with Crippen LogP contribution in [0.5, 0.6) is 0 Å². The molecule has 0 fully saturated rings. The van der Waals surface area contributed by atoms with Crippen molar-refractivity contribution in [3.8, 4) is 6.07 Å². The molecule has 3 heteroatoms. The summed E-state index contributed by atoms with van der Waals surface area (Å²) in [7, 11) is 0. The standard InChI is InChI=1S/C11H7NS2/c12-8-9-3-1-4-10(7-9)14-11-5-2-6-13-11/h1-7H. The fourth-order valence-electron chi connectivity index (χ4n) is 1.07. The summed E-state index contributed by atoms with van der Waals surface area (Å²) >= 11 is 3.40. The maximum absolute atomic E-state index is 8.73. The second-order valence-corrected chi connectivity index (χ2v) is 5.00. The van der Waals surface area contributed by atoms with Gasteiger partial charge in [-0.15, -0.1) is 11.3 Å². The summed E-state index contributed by atoms with van der Waals surface area (Å²) in [6, 6.07) is 13.9. The zero-order valence-corrected chi connectivity index (χ0v) is 8.94. The Labute approximate surface area is 91.0 Å². The van der Waals surface area contributed by atoms with E-state index in [1.165, 1.54) is 4.21 Å². The molecule has 0 radical (unpaired) electrons. The molecule has 0 unspecified atom stereocenters. The van der Waals surface area contributed by atoms with E-state index in [4.69, 9.17) is 5.26 Å². The average molecular weight is 217 g/mol. The first-order valence-corrected chi connectivity index (χ1v) is 5.79. The summed E-state index contributed by atoms with van der Waals surface area (Å²) in [5.41, 5.74) is 0.714. The predicted octanol–water partition coefficient (Wildman–Crippen LogP) is 3.77. The predicted molar refractivity (Wildman–Crippen MR) is 59.6 cm³/mol. The fourth-order valence-corrected chi connectivity index (χ4v) is 2.87. The zero-order valence-electron chi connectivity index (χ0n) is 7.31. The van der Waals surface area contributed by atoms with E-state index >= 15 is 0 Å². The van der Waals surface area contributed by atoms with Gasteiger partial charge in [0.25, 0.3) is 0 Å². The van der Waals surface area contributed by atoms with E-state index in [0.717, 1.165) is 4.90 Å². The zero-order chi connectivity index (χ0) is 9.80. The van der Waals surface area contributed by atoms with Crippen molar-refractivity contribution in [1.29, 1.82) is 5.26 Å². The molecule has 1 heterocycles. The summed E-state index contributed by atoms with van der Waals surface area (Å²) in [4.78, 5) is 1.12. The molecule has 2 aromatic rings. The van der Waals surface area contributed by atoms with Crippen molar-refractivity contribution in [3.05, 3.63) is 47.3 Å². The van der Waals surface area contributed by atoms with E-state index < -0.39 is 0 Å². The van der Waals surface area contributed by atoms with Crippen LogP contribution in [0.2, 0.25) is 0 Å². The third-order valence-corrected chi connectivity index (χ3v) is 3.70. The molecule has 0 aliphatic carbocycles. The first kappa shape index (κ1) is 9.32. The van der Waals surface area contributed by atoms with Crippen molar-refractivity contribution < 1.29 is 0 Å². The molecule has 0 saturated heterocycles. The molecule has 0 bridgehead atoms. The number of benzene rings is 1. The average Bonchev–Trinajstić information content (AvgIpc) is 2.71. The van der Waals surface area contributed by atoms with Gasteiger partial charge in [-0.05, 0) is 29.6 Å². The van der Waals surface area contributed by atoms with Gasteiger partial charge in [0.15, 0.2) is 0 Å². The molecular formula is C11H7NS2. The molecule has 0 aliphatic rings. The van der Waals surface area contributed by atoms with Gasteiger partial charge in [0.05, 0.1) is 15.8 Å². The Kier molecular flexibility index (Phi) is 2.87. The van der Waals surface area contributed by atoms with E-state index in [9.17, 15) is 0 Å². The van der Waals surface area contributed by atoms with Crippen LogP contribution in [0.3, 0.4) is 0 Å². The lowest BCUT2D eigenvalue weighted by atomic mass is 10.2. The van der Waals surface area contributed by atoms with Crippen molar-refractivity contribution in [2.75, 3.05) is 0 Å². The second kappa shape index (κ2) is 4.32. The van der Waals surface area contributed by atoms with Gasteiger partial charge in [-0.2, -0.15) is 5.26 Å². The highest BCUT2D eigenvalue weighted by atomic mass is 32.2. The normalized spacial score (nSPS) is 9.64. The van der Waals surface area contributed by atoms with E-state index in [-0.39, 0.29) is 0 Å². The smallest absolute Gasteiger partial charge is 0.0992 e. The highest BCUT2D eigenvalue weighted by molar-refractivity contribution is 8.01. The lowest BCUT2D eigenvalue weighted by Crippen LogP contribution is -1.74. The Bertz CT molecular complexity index is 454. The molecule has 0 saturated carbocycles. The number of nitriles is 1. The van der Waals surface area contributed by atoms with Crippen LogP contribution in [0.1, 0.15) is 5.56 Å². The van der Waals surface area contributed by atoms with Gasteiger partial charge in [0.2, 0.25) is 0 Å². The number of rotatable bonds is 2. The molecular weight excluding hydrogens is 210 g/mol. The maximum atomic E-state index is 8.73. The van der Waals surface area contributed by atoms with Gasteiger partial charge in [-0.3, -0.25) is 0 Å². The van der Waals surface area contributed by atoms with Crippen LogP contribution in [-0.2, 0) is 0 Å². The van der Waals surface area contributed by atoms with Gasteiger partial charge < -0.3 is 0 Å². The first-order chi connectivity index (χ1) is 6.88. The van der Waals surface area contributed by atoms with Crippen molar-refractivity contribution in [3.63, 3.8) is 0 Å². The second-order valence-electron chi connectivity index (χ2n) is 2.67. The fraction of sp³-hybridized carbons (Fsp3) is 0. The molecule has 0 spiro atoms. The monoisotopic (exact) mass is 217 g/mol. The maximum Gasteiger partial charge on any atom is 0.0992 e. The van der Waals surface area contributed by atoms with Crippen molar-refractivity contribution in [2.45, 2.75) is 9.10 Å². The SMILES string of the molecule is N#Cc1cccc(Sc2cccs2)c1. The molecule has 68 valence electrons. The molecule has 2 rings (SSSR count). The van der Waals surface area contributed by atoms with Crippen LogP contribution in [0.4, 0.5) is 0 Å². The first-order valence-electron chi connectivity index (χ1n) is 4.10. The molecule has 0 atom stereocenters. The van der Waals surface area contributed by atoms with Crippen molar-refractivity contribution in [1.82, 2.24) is 0 Å². The highest BCUT2D eigenvalue weighted by Gasteiger charge is 1.98. The Morgan fingerprint density at radius 3 is 2.86 bits per heavy atom. The molecule has 0 amide bonds. The largest absolute Gasteiger partial charge is 0.192 e. The minimum Gasteiger partial charge on any atom is -0.192 e. The summed E-state index contributed by atoms with van der Waals surface area (Å²) in [5, 5.41) is 10.8. The van der Waals surface area contributed by atoms with Crippen LogP contribution in [0.25, 0.3) is 0 Å². The Morgan fingerprint density at radius 1 is 1.21 bits per heavy atom. The third-order valence-electron chi connectivity index (χ3n) is 1.68. The Morgan fingerprint density at radius 2 is 2.14 bits per heavy atom. The van der Waals surface area contributed by atoms with Gasteiger partial charge >= 0.3 is 0 Å². The van der Waals surface area contributed by atoms with Gasteiger partial charge in [0.1, 0.15) is 0 Å². The van der Waals surface area contributed by atoms with E-state index in [1.54, 1.807) is 23.1 Å². The van der Waals surface area contributed by atoms with E-state index in [1.807, 2.05) is 30.3 Å². The van der Waals surface area contributed by atoms with Gasteiger partial charge in [-0.1, -0.05) is 23.9 Å². The van der Waals surface area contributed by atoms with E-state index in [2.05, 4.69) is 17.5 Å². The minimum absolute atomic E-state index is 0.714. The van der Waals surface area contributed by atoms with Crippen LogP contribution in [-0.4, -0.2) is 0 Å². The number of nitrogens with zero attached hydrogens (tertiary/aromatic N) is 1. The lowest BCUT2D eigenvalue weighted by Gasteiger charge is -1.97. The summed E-state index contributed by atoms with van der Waals surface area (Å²) in [6.07, 6.45) is 0. The van der Waals surface area contributed by atoms with Crippen LogP contribution in [0, 0.1) is 11.3 Å². The Hall–Kier alpha value is -1.24. The molecule has 1 nitrogen and oxygen atoms in total. The summed E-state index contributed by atoms with van der Waals surface area (Å²) in [6.45, 7) is 0. The molecule has 1 aromatic heterocycles. The van der Waals surface area contributed by atoms with Gasteiger partial charge in [0, 0.05) is 4.90 Å². The quantitative estimate of drug-likeness (QED) is 0.764. The van der Waals surface area contributed by atoms with Crippen LogP contribution >= 0.6 is 23.1 Å². The van der Waals surface area contributed by atoms with Crippen molar-refractivity contribution in [2.24, 2.45) is 0 Å².